The number of aromatic nitrogens is 2. The zero-order valence-electron chi connectivity index (χ0n) is 14.9. The van der Waals surface area contributed by atoms with Crippen molar-refractivity contribution >= 4 is 23.0 Å². The Labute approximate surface area is 153 Å². The fourth-order valence-electron chi connectivity index (χ4n) is 2.55. The molecule has 0 aliphatic carbocycles. The van der Waals surface area contributed by atoms with Crippen LogP contribution in [0, 0.1) is 0 Å². The summed E-state index contributed by atoms with van der Waals surface area (Å²) < 4.78 is 5.54. The quantitative estimate of drug-likeness (QED) is 0.609. The van der Waals surface area contributed by atoms with E-state index in [1.165, 1.54) is 0 Å². The molecule has 26 heavy (non-hydrogen) atoms. The maximum atomic E-state index is 11.9. The molecule has 134 valence electrons. The number of aromatic amines is 1. The Bertz CT molecular complexity index is 849. The third-order valence-corrected chi connectivity index (χ3v) is 3.88. The zero-order valence-corrected chi connectivity index (χ0v) is 14.9. The van der Waals surface area contributed by atoms with Gasteiger partial charge in [-0.3, -0.25) is 4.79 Å². The van der Waals surface area contributed by atoms with Gasteiger partial charge in [-0.15, -0.1) is 0 Å². The Morgan fingerprint density at radius 1 is 1.19 bits per heavy atom. The molecule has 0 saturated carbocycles. The van der Waals surface area contributed by atoms with Gasteiger partial charge in [-0.05, 0) is 42.3 Å². The van der Waals surface area contributed by atoms with Gasteiger partial charge >= 0.3 is 0 Å². The van der Waals surface area contributed by atoms with E-state index in [1.807, 2.05) is 48.5 Å². The predicted molar refractivity (Wildman–Crippen MR) is 104 cm³/mol. The van der Waals surface area contributed by atoms with E-state index in [-0.39, 0.29) is 5.91 Å². The number of nitrogens with zero attached hydrogens (tertiary/aromatic N) is 1. The number of hydrogen-bond donors (Lipinski definition) is 2. The number of ether oxygens (including phenoxy) is 1. The number of amides is 1. The van der Waals surface area contributed by atoms with Gasteiger partial charge in [-0.2, -0.15) is 0 Å². The zero-order chi connectivity index (χ0) is 18.2. The van der Waals surface area contributed by atoms with E-state index < -0.39 is 0 Å². The second-order valence-corrected chi connectivity index (χ2v) is 5.99. The lowest BCUT2D eigenvalue weighted by atomic mass is 10.2. The molecule has 0 saturated heterocycles. The molecule has 1 aromatic heterocycles. The number of carbonyl (C=O) groups is 1. The number of carbonyl (C=O) groups excluding carboxylic acids is 1. The summed E-state index contributed by atoms with van der Waals surface area (Å²) in [6.45, 7) is 3.32. The summed E-state index contributed by atoms with van der Waals surface area (Å²) in [5.41, 5.74) is 2.92. The van der Waals surface area contributed by atoms with Crippen molar-refractivity contribution < 1.29 is 9.53 Å². The van der Waals surface area contributed by atoms with E-state index in [1.54, 1.807) is 12.2 Å². The average molecular weight is 349 g/mol. The number of hydrogen-bond acceptors (Lipinski definition) is 3. The first-order chi connectivity index (χ1) is 12.7. The minimum Gasteiger partial charge on any atom is -0.494 e. The van der Waals surface area contributed by atoms with Crippen molar-refractivity contribution in [3.63, 3.8) is 0 Å². The Balaban J connectivity index is 1.45. The van der Waals surface area contributed by atoms with E-state index in [9.17, 15) is 4.79 Å². The SMILES string of the molecule is CCCOc1ccc(/C=C/C(=O)NCCc2nc3ccccc3[nH]2)cc1. The van der Waals surface area contributed by atoms with Gasteiger partial charge in [0.1, 0.15) is 11.6 Å². The molecule has 0 bridgehead atoms. The molecule has 2 N–H and O–H groups in total. The fourth-order valence-corrected chi connectivity index (χ4v) is 2.55. The Morgan fingerprint density at radius 3 is 2.77 bits per heavy atom. The Hall–Kier alpha value is -3.08. The second-order valence-electron chi connectivity index (χ2n) is 5.99. The second kappa shape index (κ2) is 8.85. The molecule has 1 heterocycles. The van der Waals surface area contributed by atoms with Crippen LogP contribution in [-0.2, 0) is 11.2 Å². The van der Waals surface area contributed by atoms with Gasteiger partial charge in [0, 0.05) is 19.0 Å². The molecule has 0 fully saturated rings. The molecule has 5 heteroatoms. The van der Waals surface area contributed by atoms with Crippen LogP contribution in [0.2, 0.25) is 0 Å². The highest BCUT2D eigenvalue weighted by atomic mass is 16.5. The van der Waals surface area contributed by atoms with Crippen molar-refractivity contribution in [3.8, 4) is 5.75 Å². The number of fused-ring (bicyclic) bond motifs is 1. The minimum atomic E-state index is -0.118. The number of nitrogens with one attached hydrogen (secondary N) is 2. The summed E-state index contributed by atoms with van der Waals surface area (Å²) in [5, 5.41) is 2.87. The normalized spacial score (nSPS) is 11.1. The van der Waals surface area contributed by atoms with Crippen LogP contribution in [0.3, 0.4) is 0 Å². The van der Waals surface area contributed by atoms with Crippen molar-refractivity contribution in [2.75, 3.05) is 13.2 Å². The molecule has 5 nitrogen and oxygen atoms in total. The van der Waals surface area contributed by atoms with Gasteiger partial charge in [-0.25, -0.2) is 4.98 Å². The molecular formula is C21H23N3O2. The lowest BCUT2D eigenvalue weighted by Gasteiger charge is -2.04. The van der Waals surface area contributed by atoms with Crippen LogP contribution in [0.1, 0.15) is 24.7 Å². The van der Waals surface area contributed by atoms with E-state index >= 15 is 0 Å². The third-order valence-electron chi connectivity index (χ3n) is 3.88. The number of H-pyrrole nitrogens is 1. The smallest absolute Gasteiger partial charge is 0.244 e. The highest BCUT2D eigenvalue weighted by Gasteiger charge is 2.02. The van der Waals surface area contributed by atoms with Gasteiger partial charge in [0.15, 0.2) is 0 Å². The van der Waals surface area contributed by atoms with E-state index in [2.05, 4.69) is 22.2 Å². The molecule has 0 unspecified atom stereocenters. The van der Waals surface area contributed by atoms with Crippen LogP contribution in [0.15, 0.2) is 54.6 Å². The number of imidazole rings is 1. The van der Waals surface area contributed by atoms with Crippen molar-refractivity contribution in [2.45, 2.75) is 19.8 Å². The monoisotopic (exact) mass is 349 g/mol. The van der Waals surface area contributed by atoms with Crippen molar-refractivity contribution in [2.24, 2.45) is 0 Å². The summed E-state index contributed by atoms with van der Waals surface area (Å²) in [6.07, 6.45) is 4.98. The van der Waals surface area contributed by atoms with Crippen molar-refractivity contribution in [3.05, 3.63) is 66.0 Å². The van der Waals surface area contributed by atoms with Crippen LogP contribution in [0.25, 0.3) is 17.1 Å². The number of benzene rings is 2. The summed E-state index contributed by atoms with van der Waals surface area (Å²) in [4.78, 5) is 19.7. The van der Waals surface area contributed by atoms with E-state index in [0.717, 1.165) is 34.6 Å². The molecule has 2 aromatic carbocycles. The van der Waals surface area contributed by atoms with Crippen LogP contribution in [0.4, 0.5) is 0 Å². The van der Waals surface area contributed by atoms with Crippen LogP contribution in [-0.4, -0.2) is 29.0 Å². The summed E-state index contributed by atoms with van der Waals surface area (Å²) in [7, 11) is 0. The van der Waals surface area contributed by atoms with E-state index in [0.29, 0.717) is 19.6 Å². The fraction of sp³-hybridized carbons (Fsp3) is 0.238. The molecule has 0 aliphatic rings. The number of para-hydroxylation sites is 2. The van der Waals surface area contributed by atoms with Gasteiger partial charge in [0.25, 0.3) is 0 Å². The molecular weight excluding hydrogens is 326 g/mol. The first-order valence-corrected chi connectivity index (χ1v) is 8.87. The maximum absolute atomic E-state index is 11.9. The van der Waals surface area contributed by atoms with Crippen molar-refractivity contribution in [1.82, 2.24) is 15.3 Å². The van der Waals surface area contributed by atoms with Crippen LogP contribution in [0.5, 0.6) is 5.75 Å². The summed E-state index contributed by atoms with van der Waals surface area (Å²) in [5.74, 6) is 1.60. The predicted octanol–water partition coefficient (Wildman–Crippen LogP) is 3.72. The minimum absolute atomic E-state index is 0.118. The molecule has 0 aliphatic heterocycles. The lowest BCUT2D eigenvalue weighted by Crippen LogP contribution is -2.23. The average Bonchev–Trinajstić information content (AvgIpc) is 3.08. The summed E-state index contributed by atoms with van der Waals surface area (Å²) >= 11 is 0. The number of rotatable bonds is 8. The Kier molecular flexibility index (Phi) is 6.04. The lowest BCUT2D eigenvalue weighted by molar-refractivity contribution is -0.116. The van der Waals surface area contributed by atoms with Crippen LogP contribution < -0.4 is 10.1 Å². The largest absolute Gasteiger partial charge is 0.494 e. The van der Waals surface area contributed by atoms with Gasteiger partial charge in [-0.1, -0.05) is 31.2 Å². The molecule has 3 rings (SSSR count). The van der Waals surface area contributed by atoms with Crippen molar-refractivity contribution in [1.29, 1.82) is 0 Å². The van der Waals surface area contributed by atoms with Gasteiger partial charge < -0.3 is 15.0 Å². The topological polar surface area (TPSA) is 67.0 Å². The molecule has 0 atom stereocenters. The van der Waals surface area contributed by atoms with Gasteiger partial charge in [0.05, 0.1) is 17.6 Å². The molecule has 0 spiro atoms. The molecule has 3 aromatic rings. The highest BCUT2D eigenvalue weighted by Crippen LogP contribution is 2.13. The van der Waals surface area contributed by atoms with Crippen LogP contribution >= 0.6 is 0 Å². The van der Waals surface area contributed by atoms with Gasteiger partial charge in [0.2, 0.25) is 5.91 Å². The molecule has 0 radical (unpaired) electrons. The summed E-state index contributed by atoms with van der Waals surface area (Å²) in [6, 6.07) is 15.6. The van der Waals surface area contributed by atoms with E-state index in [4.69, 9.17) is 4.74 Å². The standard InChI is InChI=1S/C21H23N3O2/c1-2-15-26-17-10-7-16(8-11-17)9-12-21(25)22-14-13-20-23-18-5-3-4-6-19(18)24-20/h3-12H,2,13-15H2,1H3,(H,22,25)(H,23,24)/b12-9+. The Morgan fingerprint density at radius 2 is 2.00 bits per heavy atom. The first-order valence-electron chi connectivity index (χ1n) is 8.87. The first kappa shape index (κ1) is 17.7. The maximum Gasteiger partial charge on any atom is 0.244 e. The molecule has 1 amide bonds. The highest BCUT2D eigenvalue weighted by molar-refractivity contribution is 5.91. The third kappa shape index (κ3) is 4.96.